The third kappa shape index (κ3) is 7.01. The van der Waals surface area contributed by atoms with Crippen molar-refractivity contribution in [2.24, 2.45) is 23.2 Å². The third-order valence-corrected chi connectivity index (χ3v) is 11.6. The van der Waals surface area contributed by atoms with Crippen LogP contribution >= 0.6 is 11.6 Å². The minimum absolute atomic E-state index is 0.0142. The monoisotopic (exact) mass is 610 g/mol. The van der Waals surface area contributed by atoms with Crippen molar-refractivity contribution in [3.8, 4) is 0 Å². The molecular formula is C32H49ClF2N2O3Si. The minimum atomic E-state index is -2.84. The van der Waals surface area contributed by atoms with Gasteiger partial charge in [0.25, 0.3) is 5.92 Å². The van der Waals surface area contributed by atoms with Gasteiger partial charge in [0.1, 0.15) is 0 Å². The maximum absolute atomic E-state index is 14.1. The normalized spacial score (nSPS) is 29.5. The number of benzene rings is 1. The molecule has 41 heavy (non-hydrogen) atoms. The topological polar surface area (TPSA) is 58.6 Å². The summed E-state index contributed by atoms with van der Waals surface area (Å²) in [6.07, 6.45) is 2.40. The first kappa shape index (κ1) is 32.4. The van der Waals surface area contributed by atoms with E-state index in [1.807, 2.05) is 25.1 Å². The van der Waals surface area contributed by atoms with E-state index in [2.05, 4.69) is 60.7 Å². The average molecular weight is 611 g/mol. The van der Waals surface area contributed by atoms with Crippen molar-refractivity contribution in [2.45, 2.75) is 129 Å². The molecule has 1 aliphatic heterocycles. The number of halogens is 3. The molecule has 5 nitrogen and oxygen atoms in total. The summed E-state index contributed by atoms with van der Waals surface area (Å²) in [4.78, 5) is 28.6. The maximum Gasteiger partial charge on any atom is 0.325 e. The molecule has 0 spiro atoms. The standard InChI is InChI=1S/C32H49ClF2N2O3Si/c1-28(2,3)13-12-19-10-11-21(16-24(19)33)31(9)25(20-14-22(15-20)30(7,8)40-41-29(4,5)6)26(38)37(27(39)36-31)23-17-32(34,35)18-23/h10-11,16,20,22-23,25H,12-15,17-18,41H2,1-9H3,(H,36,39)/t20?,22?,25-,31?/m0/s1. The van der Waals surface area contributed by atoms with Gasteiger partial charge in [-0.25, -0.2) is 13.6 Å². The van der Waals surface area contributed by atoms with Crippen LogP contribution in [-0.4, -0.2) is 44.2 Å². The zero-order valence-corrected chi connectivity index (χ0v) is 28.5. The Morgan fingerprint density at radius 1 is 1.07 bits per heavy atom. The third-order valence-electron chi connectivity index (χ3n) is 9.45. The van der Waals surface area contributed by atoms with Crippen LogP contribution in [0, 0.1) is 23.2 Å². The van der Waals surface area contributed by atoms with Crippen molar-refractivity contribution in [1.82, 2.24) is 10.2 Å². The van der Waals surface area contributed by atoms with E-state index in [-0.39, 0.29) is 33.8 Å². The van der Waals surface area contributed by atoms with Crippen LogP contribution in [0.1, 0.15) is 106 Å². The summed E-state index contributed by atoms with van der Waals surface area (Å²) < 4.78 is 34.1. The van der Waals surface area contributed by atoms with E-state index in [1.165, 1.54) is 0 Å². The number of hydrogen-bond acceptors (Lipinski definition) is 3. The lowest BCUT2D eigenvalue weighted by Crippen LogP contribution is -2.71. The molecular weight excluding hydrogens is 562 g/mol. The van der Waals surface area contributed by atoms with Gasteiger partial charge < -0.3 is 9.74 Å². The number of rotatable bonds is 8. The number of nitrogens with one attached hydrogen (secondary N) is 1. The second-order valence-corrected chi connectivity index (χ2v) is 19.1. The Bertz CT molecular complexity index is 1160. The molecule has 9 heteroatoms. The molecule has 230 valence electrons. The number of alkyl halides is 2. The van der Waals surface area contributed by atoms with Gasteiger partial charge in [-0.1, -0.05) is 65.3 Å². The highest BCUT2D eigenvalue weighted by Gasteiger charge is 2.60. The van der Waals surface area contributed by atoms with Crippen molar-refractivity contribution in [1.29, 1.82) is 0 Å². The number of imide groups is 1. The average Bonchev–Trinajstić information content (AvgIpc) is 2.75. The zero-order chi connectivity index (χ0) is 30.8. The highest BCUT2D eigenvalue weighted by Crippen LogP contribution is 2.53. The maximum atomic E-state index is 14.1. The molecule has 2 atom stereocenters. The van der Waals surface area contributed by atoms with E-state index >= 15 is 0 Å². The Balaban J connectivity index is 1.61. The van der Waals surface area contributed by atoms with E-state index < -0.39 is 52.1 Å². The van der Waals surface area contributed by atoms with Gasteiger partial charge in [0.05, 0.1) is 23.1 Å². The van der Waals surface area contributed by atoms with Crippen molar-refractivity contribution >= 4 is 33.3 Å². The lowest BCUT2D eigenvalue weighted by molar-refractivity contribution is -0.163. The van der Waals surface area contributed by atoms with Crippen LogP contribution in [0.2, 0.25) is 10.1 Å². The predicted molar refractivity (Wildman–Crippen MR) is 163 cm³/mol. The second-order valence-electron chi connectivity index (χ2n) is 16.0. The lowest BCUT2D eigenvalue weighted by Gasteiger charge is -2.56. The fourth-order valence-corrected chi connectivity index (χ4v) is 7.86. The second kappa shape index (κ2) is 10.9. The number of aryl methyl sites for hydroxylation is 1. The van der Waals surface area contributed by atoms with E-state index in [0.717, 1.165) is 41.7 Å². The Morgan fingerprint density at radius 2 is 1.68 bits per heavy atom. The Kier molecular flexibility index (Phi) is 8.60. The highest BCUT2D eigenvalue weighted by atomic mass is 35.5. The summed E-state index contributed by atoms with van der Waals surface area (Å²) in [6, 6.07) is 4.47. The van der Waals surface area contributed by atoms with Gasteiger partial charge >= 0.3 is 6.03 Å². The van der Waals surface area contributed by atoms with Crippen molar-refractivity contribution < 1.29 is 22.8 Å². The van der Waals surface area contributed by atoms with Crippen molar-refractivity contribution in [2.75, 3.05) is 0 Å². The molecule has 3 amide bonds. The van der Waals surface area contributed by atoms with E-state index in [4.69, 9.17) is 16.0 Å². The number of amides is 3. The Morgan fingerprint density at radius 3 is 2.20 bits per heavy atom. The molecule has 1 N–H and O–H groups in total. The van der Waals surface area contributed by atoms with E-state index in [0.29, 0.717) is 5.02 Å². The summed E-state index contributed by atoms with van der Waals surface area (Å²) in [5.41, 5.74) is 0.651. The first-order valence-corrected chi connectivity index (χ1v) is 16.7. The highest BCUT2D eigenvalue weighted by molar-refractivity contribution is 6.32. The molecule has 1 aromatic carbocycles. The molecule has 1 unspecified atom stereocenters. The first-order chi connectivity index (χ1) is 18.6. The predicted octanol–water partition coefficient (Wildman–Crippen LogP) is 7.62. The van der Waals surface area contributed by atoms with Crippen molar-refractivity contribution in [3.05, 3.63) is 34.3 Å². The number of nitrogens with zero attached hydrogens (tertiary/aromatic N) is 1. The molecule has 0 radical (unpaired) electrons. The van der Waals surface area contributed by atoms with Gasteiger partial charge in [-0.15, -0.1) is 0 Å². The van der Waals surface area contributed by atoms with Crippen LogP contribution in [0.15, 0.2) is 18.2 Å². The van der Waals surface area contributed by atoms with Crippen LogP contribution in [-0.2, 0) is 21.2 Å². The molecule has 2 aliphatic carbocycles. The van der Waals surface area contributed by atoms with Crippen LogP contribution < -0.4 is 5.32 Å². The largest absolute Gasteiger partial charge is 0.418 e. The molecule has 3 fully saturated rings. The Labute approximate surface area is 252 Å². The van der Waals surface area contributed by atoms with Crippen molar-refractivity contribution in [3.63, 3.8) is 0 Å². The summed E-state index contributed by atoms with van der Waals surface area (Å²) in [5.74, 6) is -3.51. The fourth-order valence-electron chi connectivity index (χ4n) is 6.54. The van der Waals surface area contributed by atoms with Gasteiger partial charge in [0.15, 0.2) is 9.76 Å². The summed E-state index contributed by atoms with van der Waals surface area (Å²) >= 11 is 6.78. The van der Waals surface area contributed by atoms with E-state index in [1.54, 1.807) is 0 Å². The molecule has 2 saturated carbocycles. The van der Waals surface area contributed by atoms with Gasteiger partial charge in [-0.3, -0.25) is 9.69 Å². The smallest absolute Gasteiger partial charge is 0.325 e. The summed E-state index contributed by atoms with van der Waals surface area (Å²) in [7, 11) is -0.760. The lowest BCUT2D eigenvalue weighted by atomic mass is 9.57. The molecule has 1 aromatic rings. The molecule has 3 aliphatic rings. The quantitative estimate of drug-likeness (QED) is 0.308. The van der Waals surface area contributed by atoms with Crippen LogP contribution in [0.4, 0.5) is 13.6 Å². The van der Waals surface area contributed by atoms with Gasteiger partial charge in [-0.2, -0.15) is 0 Å². The minimum Gasteiger partial charge on any atom is -0.418 e. The molecule has 0 aromatic heterocycles. The van der Waals surface area contributed by atoms with Crippen LogP contribution in [0.25, 0.3) is 0 Å². The zero-order valence-electron chi connectivity index (χ0n) is 26.3. The summed E-state index contributed by atoms with van der Waals surface area (Å²) in [6.45, 7) is 19.3. The van der Waals surface area contributed by atoms with Gasteiger partial charge in [0, 0.05) is 17.9 Å². The summed E-state index contributed by atoms with van der Waals surface area (Å²) in [5, 5.41) is 3.89. The van der Waals surface area contributed by atoms with Gasteiger partial charge in [0.2, 0.25) is 5.91 Å². The molecule has 4 rings (SSSR count). The van der Waals surface area contributed by atoms with E-state index in [9.17, 15) is 18.4 Å². The fraction of sp³-hybridized carbons (Fsp3) is 0.750. The molecule has 1 saturated heterocycles. The molecule has 1 heterocycles. The van der Waals surface area contributed by atoms with Gasteiger partial charge in [-0.05, 0) is 85.9 Å². The number of carbonyl (C=O) groups excluding carboxylic acids is 2. The van der Waals surface area contributed by atoms with Crippen LogP contribution in [0.5, 0.6) is 0 Å². The first-order valence-electron chi connectivity index (χ1n) is 15.1. The number of hydrogen-bond donors (Lipinski definition) is 1. The number of urea groups is 1. The molecule has 0 bridgehead atoms. The van der Waals surface area contributed by atoms with Crippen LogP contribution in [0.3, 0.4) is 0 Å². The Hall–Kier alpha value is -1.51. The number of carbonyl (C=O) groups is 2. The SMILES string of the molecule is CC(C)(C)CCc1ccc(C2(C)NC(=O)N(C3CC(F)(F)C3)C(=O)[C@@H]2C2CC(C(C)(C)O[SiH2]C(C)(C)C)C2)cc1Cl.